The average Bonchev–Trinajstić information content (AvgIpc) is 3.07. The quantitative estimate of drug-likeness (QED) is 0.545. The molecule has 7 nitrogen and oxygen atoms in total. The van der Waals surface area contributed by atoms with E-state index in [1.807, 2.05) is 45.0 Å². The van der Waals surface area contributed by atoms with Crippen LogP contribution in [-0.4, -0.2) is 52.1 Å². The van der Waals surface area contributed by atoms with Crippen LogP contribution in [0.4, 0.5) is 0 Å². The van der Waals surface area contributed by atoms with E-state index < -0.39 is 6.04 Å². The molecule has 0 fully saturated rings. The first-order valence-electron chi connectivity index (χ1n) is 11.8. The number of nitrogens with zero attached hydrogens (tertiary/aromatic N) is 2. The van der Waals surface area contributed by atoms with Gasteiger partial charge in [-0.25, -0.2) is 0 Å². The molecule has 0 aromatic heterocycles. The molecule has 0 saturated heterocycles. The third kappa shape index (κ3) is 5.71. The highest BCUT2D eigenvalue weighted by Crippen LogP contribution is 2.23. The number of hydrogen-bond acceptors (Lipinski definition) is 4. The Balaban J connectivity index is 1.68. The van der Waals surface area contributed by atoms with Gasteiger partial charge >= 0.3 is 0 Å². The maximum Gasteiger partial charge on any atom is 0.261 e. The Morgan fingerprint density at radius 3 is 2.24 bits per heavy atom. The summed E-state index contributed by atoms with van der Waals surface area (Å²) in [6, 6.07) is 13.9. The van der Waals surface area contributed by atoms with E-state index >= 15 is 0 Å². The van der Waals surface area contributed by atoms with Crippen LogP contribution in [0.5, 0.6) is 0 Å². The van der Waals surface area contributed by atoms with Crippen LogP contribution in [0.25, 0.3) is 0 Å². The van der Waals surface area contributed by atoms with Crippen molar-refractivity contribution in [2.75, 3.05) is 6.54 Å². The van der Waals surface area contributed by atoms with Gasteiger partial charge in [-0.15, -0.1) is 0 Å². The van der Waals surface area contributed by atoms with Gasteiger partial charge in [-0.05, 0) is 51.3 Å². The van der Waals surface area contributed by atoms with Gasteiger partial charge in [0.25, 0.3) is 11.8 Å². The minimum Gasteiger partial charge on any atom is -0.352 e. The highest BCUT2D eigenvalue weighted by atomic mass is 16.2. The van der Waals surface area contributed by atoms with Crippen LogP contribution in [0.1, 0.15) is 71.9 Å². The van der Waals surface area contributed by atoms with Gasteiger partial charge in [0.1, 0.15) is 6.04 Å². The summed E-state index contributed by atoms with van der Waals surface area (Å²) in [6.07, 6.45) is 1.25. The fourth-order valence-electron chi connectivity index (χ4n) is 4.03. The zero-order chi connectivity index (χ0) is 24.8. The first-order chi connectivity index (χ1) is 16.2. The lowest BCUT2D eigenvalue weighted by Gasteiger charge is -2.30. The molecule has 2 atom stereocenters. The van der Waals surface area contributed by atoms with Gasteiger partial charge in [0.2, 0.25) is 11.8 Å². The van der Waals surface area contributed by atoms with Gasteiger partial charge < -0.3 is 10.2 Å². The van der Waals surface area contributed by atoms with E-state index in [1.54, 1.807) is 36.1 Å². The SMILES string of the molecule is CC[C@H](C)NC(=O)[C@H](C)N(Cc1cccc(C)c1)C(=O)CCCN1C(=O)c2ccccc2C1=O. The predicted octanol–water partition coefficient (Wildman–Crippen LogP) is 3.70. The molecule has 0 bridgehead atoms. The maximum atomic E-state index is 13.2. The molecule has 1 N–H and O–H groups in total. The molecule has 2 aromatic carbocycles. The van der Waals surface area contributed by atoms with Gasteiger partial charge in [-0.3, -0.25) is 24.1 Å². The molecule has 0 unspecified atom stereocenters. The maximum absolute atomic E-state index is 13.2. The molecule has 0 spiro atoms. The van der Waals surface area contributed by atoms with E-state index in [0.29, 0.717) is 24.1 Å². The monoisotopic (exact) mass is 463 g/mol. The van der Waals surface area contributed by atoms with E-state index in [2.05, 4.69) is 5.32 Å². The van der Waals surface area contributed by atoms with Gasteiger partial charge in [0.15, 0.2) is 0 Å². The molecule has 2 aromatic rings. The number of imide groups is 1. The Labute approximate surface area is 201 Å². The lowest BCUT2D eigenvalue weighted by atomic mass is 10.1. The van der Waals surface area contributed by atoms with Crippen LogP contribution >= 0.6 is 0 Å². The molecular weight excluding hydrogens is 430 g/mol. The van der Waals surface area contributed by atoms with Crippen LogP contribution in [0.15, 0.2) is 48.5 Å². The lowest BCUT2D eigenvalue weighted by molar-refractivity contribution is -0.141. The number of carbonyl (C=O) groups is 4. The second kappa shape index (κ2) is 11.1. The fraction of sp³-hybridized carbons (Fsp3) is 0.407. The summed E-state index contributed by atoms with van der Waals surface area (Å²) in [5.74, 6) is -1.04. The molecule has 0 saturated carbocycles. The molecule has 4 amide bonds. The van der Waals surface area contributed by atoms with Crippen LogP contribution in [-0.2, 0) is 16.1 Å². The van der Waals surface area contributed by atoms with E-state index in [-0.39, 0.29) is 42.6 Å². The summed E-state index contributed by atoms with van der Waals surface area (Å²) in [4.78, 5) is 54.0. The Hall–Kier alpha value is -3.48. The molecule has 3 rings (SSSR count). The molecule has 0 aliphatic carbocycles. The van der Waals surface area contributed by atoms with Crippen LogP contribution in [0, 0.1) is 6.92 Å². The standard InChI is InChI=1S/C27H33N3O4/c1-5-19(3)28-25(32)20(4)30(17-21-11-8-10-18(2)16-21)24(31)14-9-15-29-26(33)22-12-6-7-13-23(22)27(29)34/h6-8,10-13,16,19-20H,5,9,14-15,17H2,1-4H3,(H,28,32)/t19-,20-/m0/s1. The minimum atomic E-state index is -0.652. The normalized spacial score (nSPS) is 14.5. The molecule has 7 heteroatoms. The summed E-state index contributed by atoms with van der Waals surface area (Å²) in [6.45, 7) is 8.10. The minimum absolute atomic E-state index is 0.0136. The lowest BCUT2D eigenvalue weighted by Crippen LogP contribution is -2.49. The number of amides is 4. The Morgan fingerprint density at radius 1 is 1.00 bits per heavy atom. The highest BCUT2D eigenvalue weighted by molar-refractivity contribution is 6.21. The van der Waals surface area contributed by atoms with Gasteiger partial charge in [-0.2, -0.15) is 0 Å². The summed E-state index contributed by atoms with van der Waals surface area (Å²) < 4.78 is 0. The number of hydrogen-bond donors (Lipinski definition) is 1. The van der Waals surface area contributed by atoms with Crippen molar-refractivity contribution in [2.45, 2.75) is 65.6 Å². The molecular formula is C27H33N3O4. The number of carbonyl (C=O) groups excluding carboxylic acids is 4. The van der Waals surface area contributed by atoms with Gasteiger partial charge in [0, 0.05) is 25.6 Å². The molecule has 0 radical (unpaired) electrons. The van der Waals surface area contributed by atoms with Crippen LogP contribution in [0.3, 0.4) is 0 Å². The number of nitrogens with one attached hydrogen (secondary N) is 1. The Morgan fingerprint density at radius 2 is 1.65 bits per heavy atom. The van der Waals surface area contributed by atoms with E-state index in [9.17, 15) is 19.2 Å². The third-order valence-corrected chi connectivity index (χ3v) is 6.25. The van der Waals surface area contributed by atoms with E-state index in [1.165, 1.54) is 4.90 Å². The second-order valence-corrected chi connectivity index (χ2v) is 8.92. The summed E-state index contributed by atoms with van der Waals surface area (Å²) in [5, 5.41) is 2.95. The summed E-state index contributed by atoms with van der Waals surface area (Å²) >= 11 is 0. The zero-order valence-corrected chi connectivity index (χ0v) is 20.3. The first-order valence-corrected chi connectivity index (χ1v) is 11.8. The number of rotatable bonds is 10. The van der Waals surface area contributed by atoms with Crippen LogP contribution in [0.2, 0.25) is 0 Å². The van der Waals surface area contributed by atoms with E-state index in [4.69, 9.17) is 0 Å². The van der Waals surface area contributed by atoms with Crippen molar-refractivity contribution in [3.63, 3.8) is 0 Å². The fourth-order valence-corrected chi connectivity index (χ4v) is 4.03. The summed E-state index contributed by atoms with van der Waals surface area (Å²) in [7, 11) is 0. The largest absolute Gasteiger partial charge is 0.352 e. The highest BCUT2D eigenvalue weighted by Gasteiger charge is 2.35. The number of benzene rings is 2. The number of aryl methyl sites for hydroxylation is 1. The molecule has 34 heavy (non-hydrogen) atoms. The topological polar surface area (TPSA) is 86.8 Å². The van der Waals surface area contributed by atoms with Gasteiger partial charge in [0.05, 0.1) is 11.1 Å². The van der Waals surface area contributed by atoms with Crippen molar-refractivity contribution in [3.8, 4) is 0 Å². The van der Waals surface area contributed by atoms with Crippen molar-refractivity contribution in [2.24, 2.45) is 0 Å². The molecule has 1 aliphatic rings. The van der Waals surface area contributed by atoms with Gasteiger partial charge in [-0.1, -0.05) is 48.9 Å². The van der Waals surface area contributed by atoms with Crippen molar-refractivity contribution >= 4 is 23.6 Å². The Kier molecular flexibility index (Phi) is 8.21. The second-order valence-electron chi connectivity index (χ2n) is 8.92. The number of fused-ring (bicyclic) bond motifs is 1. The van der Waals surface area contributed by atoms with Crippen LogP contribution < -0.4 is 5.32 Å². The third-order valence-electron chi connectivity index (χ3n) is 6.25. The van der Waals surface area contributed by atoms with Crippen molar-refractivity contribution < 1.29 is 19.2 Å². The molecule has 1 heterocycles. The van der Waals surface area contributed by atoms with Crippen molar-refractivity contribution in [3.05, 3.63) is 70.8 Å². The molecule has 180 valence electrons. The first kappa shape index (κ1) is 25.1. The Bertz CT molecular complexity index is 1050. The smallest absolute Gasteiger partial charge is 0.261 e. The summed E-state index contributed by atoms with van der Waals surface area (Å²) in [5.41, 5.74) is 2.81. The van der Waals surface area contributed by atoms with Crippen molar-refractivity contribution in [1.82, 2.24) is 15.1 Å². The average molecular weight is 464 g/mol. The molecule has 1 aliphatic heterocycles. The van der Waals surface area contributed by atoms with E-state index in [0.717, 1.165) is 17.5 Å². The zero-order valence-electron chi connectivity index (χ0n) is 20.3. The predicted molar refractivity (Wildman–Crippen MR) is 130 cm³/mol. The van der Waals surface area contributed by atoms with Crippen molar-refractivity contribution in [1.29, 1.82) is 0 Å².